The number of rotatable bonds is 6. The monoisotopic (exact) mass is 282 g/mol. The van der Waals surface area contributed by atoms with E-state index in [0.717, 1.165) is 0 Å². The average molecular weight is 282 g/mol. The molecule has 0 aliphatic carbocycles. The van der Waals surface area contributed by atoms with Crippen LogP contribution in [-0.4, -0.2) is 31.6 Å². The Bertz CT molecular complexity index is 479. The smallest absolute Gasteiger partial charge is 0.329 e. The van der Waals surface area contributed by atoms with Gasteiger partial charge in [-0.3, -0.25) is 4.79 Å². The normalized spacial score (nSPS) is 13.4. The van der Waals surface area contributed by atoms with Gasteiger partial charge in [-0.1, -0.05) is 18.2 Å². The van der Waals surface area contributed by atoms with E-state index in [0.29, 0.717) is 5.56 Å². The minimum atomic E-state index is -0.799. The number of hydrogen-bond donors (Lipinski definition) is 2. The maximum atomic E-state index is 13.6. The Morgan fingerprint density at radius 2 is 2.00 bits per heavy atom. The molecule has 0 heterocycles. The van der Waals surface area contributed by atoms with Gasteiger partial charge in [-0.25, -0.2) is 9.18 Å². The summed E-state index contributed by atoms with van der Waals surface area (Å²) < 4.78 is 18.2. The molecule has 1 aromatic carbocycles. The number of hydrogen-bond acceptors (Lipinski definition) is 4. The molecule has 0 radical (unpaired) electrons. The summed E-state index contributed by atoms with van der Waals surface area (Å²) >= 11 is 0. The van der Waals surface area contributed by atoms with Crippen molar-refractivity contribution in [3.8, 4) is 0 Å². The van der Waals surface area contributed by atoms with Crippen LogP contribution >= 0.6 is 0 Å². The zero-order valence-electron chi connectivity index (χ0n) is 11.8. The summed E-state index contributed by atoms with van der Waals surface area (Å²) in [5.74, 6) is -1.20. The van der Waals surface area contributed by atoms with Gasteiger partial charge in [-0.15, -0.1) is 0 Å². The van der Waals surface area contributed by atoms with Crippen LogP contribution in [0.25, 0.3) is 0 Å². The molecule has 6 heteroatoms. The number of benzene rings is 1. The molecule has 1 rings (SSSR count). The zero-order valence-corrected chi connectivity index (χ0v) is 11.8. The topological polar surface area (TPSA) is 67.4 Å². The molecule has 1 unspecified atom stereocenters. The van der Waals surface area contributed by atoms with Crippen molar-refractivity contribution in [2.24, 2.45) is 0 Å². The molecule has 0 aliphatic rings. The van der Waals surface area contributed by atoms with Crippen molar-refractivity contribution in [3.05, 3.63) is 35.6 Å². The van der Waals surface area contributed by atoms with Gasteiger partial charge in [0.15, 0.2) is 0 Å². The third-order valence-electron chi connectivity index (χ3n) is 2.86. The highest BCUT2D eigenvalue weighted by Gasteiger charge is 2.21. The second-order valence-electron chi connectivity index (χ2n) is 4.43. The summed E-state index contributed by atoms with van der Waals surface area (Å²) in [5, 5.41) is 5.49. The van der Waals surface area contributed by atoms with Crippen LogP contribution in [0.15, 0.2) is 24.3 Å². The zero-order chi connectivity index (χ0) is 15.1. The number of ether oxygens (including phenoxy) is 1. The van der Waals surface area contributed by atoms with Crippen molar-refractivity contribution in [1.29, 1.82) is 0 Å². The summed E-state index contributed by atoms with van der Waals surface area (Å²) in [6.07, 6.45) is 0. The highest BCUT2D eigenvalue weighted by molar-refractivity contribution is 5.83. The molecule has 5 nitrogen and oxygen atoms in total. The van der Waals surface area contributed by atoms with E-state index in [1.165, 1.54) is 20.1 Å². The molecule has 0 saturated carbocycles. The lowest BCUT2D eigenvalue weighted by atomic mass is 10.1. The Labute approximate surface area is 117 Å². The molecule has 0 fully saturated rings. The van der Waals surface area contributed by atoms with Crippen molar-refractivity contribution in [2.75, 3.05) is 13.7 Å². The molecule has 1 amide bonds. The average Bonchev–Trinajstić information content (AvgIpc) is 2.42. The van der Waals surface area contributed by atoms with E-state index < -0.39 is 12.0 Å². The maximum Gasteiger partial charge on any atom is 0.329 e. The van der Waals surface area contributed by atoms with Gasteiger partial charge in [0.05, 0.1) is 7.11 Å². The minimum Gasteiger partial charge on any atom is -0.467 e. The van der Waals surface area contributed by atoms with Crippen LogP contribution in [0.1, 0.15) is 25.5 Å². The van der Waals surface area contributed by atoms with Crippen molar-refractivity contribution in [3.63, 3.8) is 0 Å². The molecule has 2 atom stereocenters. The largest absolute Gasteiger partial charge is 0.467 e. The van der Waals surface area contributed by atoms with E-state index in [-0.39, 0.29) is 24.3 Å². The predicted molar refractivity (Wildman–Crippen MR) is 72.4 cm³/mol. The fourth-order valence-corrected chi connectivity index (χ4v) is 1.81. The van der Waals surface area contributed by atoms with E-state index in [1.807, 2.05) is 0 Å². The fraction of sp³-hybridized carbons (Fsp3) is 0.429. The van der Waals surface area contributed by atoms with Crippen molar-refractivity contribution in [1.82, 2.24) is 10.6 Å². The number of carbonyl (C=O) groups is 2. The number of esters is 1. The lowest BCUT2D eigenvalue weighted by Gasteiger charge is -2.20. The van der Waals surface area contributed by atoms with Crippen LogP contribution in [-0.2, 0) is 14.3 Å². The first-order valence-corrected chi connectivity index (χ1v) is 6.28. The Morgan fingerprint density at radius 1 is 1.35 bits per heavy atom. The summed E-state index contributed by atoms with van der Waals surface area (Å²) in [6.45, 7) is 3.25. The van der Waals surface area contributed by atoms with E-state index in [9.17, 15) is 14.0 Å². The standard InChI is InChI=1S/C14H19FN2O3/c1-9(11-6-4-5-7-12(11)15)16-8-13(14(19)20-3)17-10(2)18/h4-7,9,13,16H,8H2,1-3H3,(H,17,18)/t9-,13?/m1/s1. The van der Waals surface area contributed by atoms with Gasteiger partial charge in [-0.2, -0.15) is 0 Å². The molecule has 0 spiro atoms. The predicted octanol–water partition coefficient (Wildman–Crippen LogP) is 1.15. The SMILES string of the molecule is COC(=O)C(CN[C@H](C)c1ccccc1F)NC(C)=O. The molecule has 0 saturated heterocycles. The van der Waals surface area contributed by atoms with Gasteiger partial charge in [0.1, 0.15) is 11.9 Å². The summed E-state index contributed by atoms with van der Waals surface area (Å²) in [4.78, 5) is 22.5. The Balaban J connectivity index is 2.65. The quantitative estimate of drug-likeness (QED) is 0.768. The highest BCUT2D eigenvalue weighted by Crippen LogP contribution is 2.15. The molecule has 2 N–H and O–H groups in total. The molecule has 0 bridgehead atoms. The van der Waals surface area contributed by atoms with Gasteiger partial charge in [0, 0.05) is 25.1 Å². The second kappa shape index (κ2) is 7.59. The van der Waals surface area contributed by atoms with Crippen molar-refractivity contribution in [2.45, 2.75) is 25.9 Å². The third-order valence-corrected chi connectivity index (χ3v) is 2.86. The molecular formula is C14H19FN2O3. The molecule has 0 aromatic heterocycles. The molecule has 1 aromatic rings. The molecule has 110 valence electrons. The third kappa shape index (κ3) is 4.62. The van der Waals surface area contributed by atoms with E-state index in [4.69, 9.17) is 0 Å². The van der Waals surface area contributed by atoms with Crippen LogP contribution in [0.3, 0.4) is 0 Å². The number of methoxy groups -OCH3 is 1. The first kappa shape index (κ1) is 16.1. The van der Waals surface area contributed by atoms with Gasteiger partial charge in [0.25, 0.3) is 0 Å². The summed E-state index contributed by atoms with van der Waals surface area (Å²) in [7, 11) is 1.25. The maximum absolute atomic E-state index is 13.6. The number of amides is 1. The van der Waals surface area contributed by atoms with Crippen LogP contribution in [0.4, 0.5) is 4.39 Å². The first-order valence-electron chi connectivity index (χ1n) is 6.28. The van der Waals surface area contributed by atoms with Gasteiger partial charge >= 0.3 is 5.97 Å². The second-order valence-corrected chi connectivity index (χ2v) is 4.43. The Kier molecular flexibility index (Phi) is 6.11. The van der Waals surface area contributed by atoms with Gasteiger partial charge < -0.3 is 15.4 Å². The lowest BCUT2D eigenvalue weighted by molar-refractivity contribution is -0.144. The van der Waals surface area contributed by atoms with Crippen LogP contribution in [0.2, 0.25) is 0 Å². The minimum absolute atomic E-state index is 0.155. The van der Waals surface area contributed by atoms with Crippen LogP contribution in [0, 0.1) is 5.82 Å². The number of nitrogens with one attached hydrogen (secondary N) is 2. The number of halogens is 1. The van der Waals surface area contributed by atoms with Crippen molar-refractivity contribution >= 4 is 11.9 Å². The van der Waals surface area contributed by atoms with E-state index in [1.54, 1.807) is 25.1 Å². The van der Waals surface area contributed by atoms with E-state index in [2.05, 4.69) is 15.4 Å². The first-order chi connectivity index (χ1) is 9.45. The highest BCUT2D eigenvalue weighted by atomic mass is 19.1. The molecule has 20 heavy (non-hydrogen) atoms. The van der Waals surface area contributed by atoms with Crippen LogP contribution < -0.4 is 10.6 Å². The summed E-state index contributed by atoms with van der Waals surface area (Å²) in [5.41, 5.74) is 0.499. The van der Waals surface area contributed by atoms with E-state index >= 15 is 0 Å². The van der Waals surface area contributed by atoms with Crippen molar-refractivity contribution < 1.29 is 18.7 Å². The lowest BCUT2D eigenvalue weighted by Crippen LogP contribution is -2.47. The van der Waals surface area contributed by atoms with Crippen LogP contribution in [0.5, 0.6) is 0 Å². The van der Waals surface area contributed by atoms with Gasteiger partial charge in [0.2, 0.25) is 5.91 Å². The number of carbonyl (C=O) groups excluding carboxylic acids is 2. The fourth-order valence-electron chi connectivity index (χ4n) is 1.81. The Morgan fingerprint density at radius 3 is 2.55 bits per heavy atom. The molecular weight excluding hydrogens is 263 g/mol. The van der Waals surface area contributed by atoms with Gasteiger partial charge in [-0.05, 0) is 13.0 Å². The summed E-state index contributed by atoms with van der Waals surface area (Å²) in [6, 6.07) is 5.30. The Hall–Kier alpha value is -1.95. The molecule has 0 aliphatic heterocycles.